The third kappa shape index (κ3) is 3.05. The number of carbonyl (C=O) groups is 2. The van der Waals surface area contributed by atoms with Crippen LogP contribution in [0.5, 0.6) is 0 Å². The second kappa shape index (κ2) is 7.82. The van der Waals surface area contributed by atoms with Gasteiger partial charge in [-0.3, -0.25) is 9.59 Å². The third-order valence-electron chi connectivity index (χ3n) is 13.6. The molecule has 5 N–H and O–H groups in total. The summed E-state index contributed by atoms with van der Waals surface area (Å²) in [6.45, 7) is 12.2. The maximum atomic E-state index is 12.8. The highest BCUT2D eigenvalue weighted by Crippen LogP contribution is 2.76. The highest BCUT2D eigenvalue weighted by atomic mass is 16.4. The Morgan fingerprint density at radius 3 is 2.11 bits per heavy atom. The van der Waals surface area contributed by atoms with Crippen molar-refractivity contribution in [1.29, 1.82) is 0 Å². The molecule has 5 rings (SSSR count). The van der Waals surface area contributed by atoms with Gasteiger partial charge < -0.3 is 25.5 Å². The van der Waals surface area contributed by atoms with Gasteiger partial charge in [0.25, 0.3) is 0 Å². The lowest BCUT2D eigenvalue weighted by molar-refractivity contribution is -0.241. The van der Waals surface area contributed by atoms with Gasteiger partial charge in [0.2, 0.25) is 0 Å². The first-order chi connectivity index (χ1) is 16.9. The number of carboxylic acid groups (broad SMARTS) is 2. The molecule has 208 valence electrons. The Hall–Kier alpha value is -1.44. The molecule has 5 aliphatic rings. The topological polar surface area (TPSA) is 135 Å². The number of fused-ring (bicyclic) bond motifs is 7. The smallest absolute Gasteiger partial charge is 0.312 e. The molecule has 5 aliphatic carbocycles. The van der Waals surface area contributed by atoms with Crippen LogP contribution < -0.4 is 0 Å². The van der Waals surface area contributed by atoms with Gasteiger partial charge in [-0.15, -0.1) is 0 Å². The summed E-state index contributed by atoms with van der Waals surface area (Å²) in [7, 11) is 0. The highest BCUT2D eigenvalue weighted by Gasteiger charge is 2.72. The number of aliphatic carboxylic acids is 2. The first-order valence-electron chi connectivity index (χ1n) is 14.2. The average Bonchev–Trinajstić information content (AvgIpc) is 2.80. The molecule has 0 bridgehead atoms. The van der Waals surface area contributed by atoms with Crippen molar-refractivity contribution < 1.29 is 35.1 Å². The Bertz CT molecular complexity index is 1050. The first kappa shape index (κ1) is 27.1. The van der Waals surface area contributed by atoms with E-state index in [9.17, 15) is 35.1 Å². The molecule has 4 saturated carbocycles. The van der Waals surface area contributed by atoms with Crippen molar-refractivity contribution in [2.75, 3.05) is 0 Å². The predicted octanol–water partition coefficient (Wildman–Crippen LogP) is 4.24. The van der Waals surface area contributed by atoms with Crippen LogP contribution in [0.4, 0.5) is 0 Å². The second-order valence-corrected chi connectivity index (χ2v) is 14.7. The lowest BCUT2D eigenvalue weighted by Gasteiger charge is -2.71. The molecule has 12 atom stereocenters. The quantitative estimate of drug-likeness (QED) is 0.345. The molecule has 37 heavy (non-hydrogen) atoms. The zero-order valence-electron chi connectivity index (χ0n) is 23.3. The minimum atomic E-state index is -1.43. The Balaban J connectivity index is 1.64. The van der Waals surface area contributed by atoms with Crippen LogP contribution in [0.2, 0.25) is 0 Å². The van der Waals surface area contributed by atoms with Gasteiger partial charge in [-0.2, -0.15) is 0 Å². The molecule has 0 aromatic heterocycles. The fourth-order valence-electron chi connectivity index (χ4n) is 10.9. The van der Waals surface area contributed by atoms with Gasteiger partial charge in [-0.1, -0.05) is 39.3 Å². The summed E-state index contributed by atoms with van der Waals surface area (Å²) in [4.78, 5) is 25.4. The van der Waals surface area contributed by atoms with Gasteiger partial charge >= 0.3 is 11.9 Å². The minimum absolute atomic E-state index is 0.0880. The summed E-state index contributed by atoms with van der Waals surface area (Å²) in [6, 6.07) is 0. The second-order valence-electron chi connectivity index (χ2n) is 14.7. The fraction of sp³-hybridized carbons (Fsp3) is 0.867. The van der Waals surface area contributed by atoms with E-state index in [-0.39, 0.29) is 34.5 Å². The van der Waals surface area contributed by atoms with Crippen LogP contribution in [0, 0.1) is 50.7 Å². The molecule has 0 spiro atoms. The van der Waals surface area contributed by atoms with Gasteiger partial charge in [0.15, 0.2) is 0 Å². The van der Waals surface area contributed by atoms with Crippen molar-refractivity contribution in [3.63, 3.8) is 0 Å². The number of rotatable bonds is 2. The van der Waals surface area contributed by atoms with Crippen LogP contribution in [0.25, 0.3) is 0 Å². The van der Waals surface area contributed by atoms with E-state index in [0.717, 1.165) is 12.8 Å². The molecule has 0 aromatic rings. The van der Waals surface area contributed by atoms with Crippen LogP contribution in [0.1, 0.15) is 92.9 Å². The van der Waals surface area contributed by atoms with E-state index >= 15 is 0 Å². The number of hydrogen-bond acceptors (Lipinski definition) is 5. The zero-order valence-corrected chi connectivity index (χ0v) is 23.3. The molecular formula is C30H46O7. The fourth-order valence-corrected chi connectivity index (χ4v) is 10.9. The van der Waals surface area contributed by atoms with E-state index in [1.807, 2.05) is 13.8 Å². The summed E-state index contributed by atoms with van der Waals surface area (Å²) < 4.78 is 0. The van der Waals surface area contributed by atoms with Crippen molar-refractivity contribution in [2.45, 2.75) is 111 Å². The molecule has 0 saturated heterocycles. The van der Waals surface area contributed by atoms with E-state index in [1.54, 1.807) is 6.92 Å². The van der Waals surface area contributed by atoms with Crippen molar-refractivity contribution in [3.8, 4) is 0 Å². The lowest BCUT2D eigenvalue weighted by atomic mass is 9.33. The normalized spacial score (nSPS) is 57.2. The van der Waals surface area contributed by atoms with Crippen LogP contribution >= 0.6 is 0 Å². The minimum Gasteiger partial charge on any atom is -0.481 e. The number of allylic oxidation sites excluding steroid dienone is 2. The largest absolute Gasteiger partial charge is 0.481 e. The standard InChI is InChI=1S/C30H46O7/c1-16-21-17-7-8-19-25(2)15-18(31)22(32)29(6,23(33)34)20(25)9-10-27(19,4)26(17,3)11-13-30(21,24(35)36)14-12-28(16,5)37/h7,16,18-22,31-32,37H,8-15H2,1-6H3,(H,33,34)(H,35,36)/t16-,18-,19-,20-,21-,22+,25-,26-,27-,28+,29-,30-/m1/s1. The van der Waals surface area contributed by atoms with E-state index in [1.165, 1.54) is 5.57 Å². The lowest BCUT2D eigenvalue weighted by Crippen LogP contribution is -2.69. The van der Waals surface area contributed by atoms with E-state index < -0.39 is 46.0 Å². The summed E-state index contributed by atoms with van der Waals surface area (Å²) in [5.41, 5.74) is -3.07. The van der Waals surface area contributed by atoms with Crippen molar-refractivity contribution in [1.82, 2.24) is 0 Å². The molecule has 7 nitrogen and oxygen atoms in total. The summed E-state index contributed by atoms with van der Waals surface area (Å²) in [6.07, 6.45) is 4.56. The van der Waals surface area contributed by atoms with E-state index in [0.29, 0.717) is 38.5 Å². The van der Waals surface area contributed by atoms with Crippen LogP contribution in [0.3, 0.4) is 0 Å². The average molecular weight is 519 g/mol. The Morgan fingerprint density at radius 1 is 0.892 bits per heavy atom. The number of aliphatic hydroxyl groups excluding tert-OH is 2. The molecule has 0 unspecified atom stereocenters. The molecule has 4 fully saturated rings. The molecule has 0 aromatic carbocycles. The van der Waals surface area contributed by atoms with Crippen LogP contribution in [-0.2, 0) is 9.59 Å². The molecular weight excluding hydrogens is 472 g/mol. The van der Waals surface area contributed by atoms with Crippen molar-refractivity contribution in [3.05, 3.63) is 11.6 Å². The number of carboxylic acids is 2. The molecule has 7 heteroatoms. The maximum absolute atomic E-state index is 12.8. The Morgan fingerprint density at radius 2 is 1.51 bits per heavy atom. The zero-order chi connectivity index (χ0) is 27.6. The van der Waals surface area contributed by atoms with Crippen molar-refractivity contribution >= 4 is 11.9 Å². The highest BCUT2D eigenvalue weighted by molar-refractivity contribution is 5.77. The van der Waals surface area contributed by atoms with E-state index in [2.05, 4.69) is 26.8 Å². The van der Waals surface area contributed by atoms with Gasteiger partial charge in [-0.25, -0.2) is 0 Å². The monoisotopic (exact) mass is 518 g/mol. The summed E-state index contributed by atoms with van der Waals surface area (Å²) in [5, 5.41) is 53.9. The number of aliphatic hydroxyl groups is 3. The summed E-state index contributed by atoms with van der Waals surface area (Å²) in [5.74, 6) is -2.45. The first-order valence-corrected chi connectivity index (χ1v) is 14.2. The molecule has 0 aliphatic heterocycles. The predicted molar refractivity (Wildman–Crippen MR) is 137 cm³/mol. The van der Waals surface area contributed by atoms with Gasteiger partial charge in [0, 0.05) is 5.92 Å². The van der Waals surface area contributed by atoms with E-state index in [4.69, 9.17) is 0 Å². The van der Waals surface area contributed by atoms with Crippen LogP contribution in [-0.4, -0.2) is 55.3 Å². The Kier molecular flexibility index (Phi) is 5.73. The van der Waals surface area contributed by atoms with Crippen molar-refractivity contribution in [2.24, 2.45) is 50.7 Å². The van der Waals surface area contributed by atoms with Crippen LogP contribution in [0.15, 0.2) is 11.6 Å². The third-order valence-corrected chi connectivity index (χ3v) is 13.6. The maximum Gasteiger partial charge on any atom is 0.312 e. The molecule has 0 heterocycles. The van der Waals surface area contributed by atoms with Gasteiger partial charge in [-0.05, 0) is 99.2 Å². The summed E-state index contributed by atoms with van der Waals surface area (Å²) >= 11 is 0. The SMILES string of the molecule is C[C@@H]1[C@@H]2C3=CC[C@@H]4[C@@]5(C)C[C@@H](O)[C@H](O)[C@](C)(C(=O)O)[C@@H]5CC[C@@]4(C)[C@]3(C)CC[C@@]2(C(=O)O)CC[C@]1(C)O. The Labute approximate surface area is 220 Å². The van der Waals surface area contributed by atoms with Gasteiger partial charge in [0.05, 0.1) is 28.6 Å². The molecule has 0 amide bonds. The molecule has 0 radical (unpaired) electrons. The number of hydrogen-bond donors (Lipinski definition) is 5. The van der Waals surface area contributed by atoms with Gasteiger partial charge in [0.1, 0.15) is 0 Å².